The molecule has 3 heterocycles. The van der Waals surface area contributed by atoms with Crippen molar-refractivity contribution in [2.45, 2.75) is 12.5 Å². The number of imidazole rings is 1. The highest BCUT2D eigenvalue weighted by Crippen LogP contribution is 2.40. The van der Waals surface area contributed by atoms with Crippen molar-refractivity contribution in [3.63, 3.8) is 0 Å². The maximum Gasteiger partial charge on any atom is 0.243 e. The van der Waals surface area contributed by atoms with E-state index in [4.69, 9.17) is 15.2 Å². The molecule has 3 rings (SSSR count). The molecule has 0 amide bonds. The molecule has 2 aromatic rings. The first kappa shape index (κ1) is 13.1. The first-order valence-corrected chi connectivity index (χ1v) is 6.29. The van der Waals surface area contributed by atoms with Crippen LogP contribution in [0.2, 0.25) is 0 Å². The summed E-state index contributed by atoms with van der Waals surface area (Å²) in [6, 6.07) is 5.80. The molecule has 2 aromatic heterocycles. The highest BCUT2D eigenvalue weighted by molar-refractivity contribution is 5.50. The van der Waals surface area contributed by atoms with E-state index in [0.717, 1.165) is 5.56 Å². The number of rotatable bonds is 3. The lowest BCUT2D eigenvalue weighted by atomic mass is 9.89. The van der Waals surface area contributed by atoms with Gasteiger partial charge in [-0.15, -0.1) is 0 Å². The Kier molecular flexibility index (Phi) is 3.30. The van der Waals surface area contributed by atoms with Gasteiger partial charge in [0.25, 0.3) is 0 Å². The maximum absolute atomic E-state index is 9.38. The van der Waals surface area contributed by atoms with Crippen LogP contribution >= 0.6 is 0 Å². The fourth-order valence-corrected chi connectivity index (χ4v) is 2.34. The van der Waals surface area contributed by atoms with Gasteiger partial charge in [0.1, 0.15) is 24.1 Å². The van der Waals surface area contributed by atoms with E-state index in [1.165, 1.54) is 0 Å². The Balaban J connectivity index is 2.14. The summed E-state index contributed by atoms with van der Waals surface area (Å²) in [7, 11) is 1.58. The lowest BCUT2D eigenvalue weighted by Gasteiger charge is -2.22. The highest BCUT2D eigenvalue weighted by atomic mass is 16.5. The highest BCUT2D eigenvalue weighted by Gasteiger charge is 2.33. The second-order valence-electron chi connectivity index (χ2n) is 4.55. The number of H-pyrrole nitrogens is 1. The molecule has 0 saturated heterocycles. The average molecular weight is 283 g/mol. The molecule has 1 atom stereocenters. The van der Waals surface area contributed by atoms with Crippen molar-refractivity contribution in [3.05, 3.63) is 53.1 Å². The fourth-order valence-electron chi connectivity index (χ4n) is 2.34. The molecule has 0 radical (unpaired) electrons. The van der Waals surface area contributed by atoms with Crippen LogP contribution in [0.25, 0.3) is 0 Å². The Labute approximate surface area is 121 Å². The number of nitrogens with two attached hydrogens (primary N) is 1. The number of ether oxygens (including phenoxy) is 2. The molecule has 0 saturated carbocycles. The second-order valence-corrected chi connectivity index (χ2v) is 4.55. The van der Waals surface area contributed by atoms with Crippen molar-refractivity contribution in [3.8, 4) is 11.9 Å². The minimum Gasteiger partial charge on any atom is -0.420 e. The lowest BCUT2D eigenvalue weighted by Crippen LogP contribution is -2.21. The van der Waals surface area contributed by atoms with Crippen LogP contribution in [0.4, 0.5) is 0 Å². The van der Waals surface area contributed by atoms with Gasteiger partial charge in [-0.3, -0.25) is 4.98 Å². The van der Waals surface area contributed by atoms with Crippen LogP contribution in [-0.2, 0) is 11.3 Å². The smallest absolute Gasteiger partial charge is 0.243 e. The van der Waals surface area contributed by atoms with Gasteiger partial charge in [0.15, 0.2) is 0 Å². The third-order valence-electron chi connectivity index (χ3n) is 3.21. The van der Waals surface area contributed by atoms with Gasteiger partial charge in [0.2, 0.25) is 11.8 Å². The summed E-state index contributed by atoms with van der Waals surface area (Å²) >= 11 is 0. The molecule has 1 aliphatic heterocycles. The van der Waals surface area contributed by atoms with Crippen LogP contribution in [0, 0.1) is 11.3 Å². The van der Waals surface area contributed by atoms with Crippen LogP contribution in [0.15, 0.2) is 36.0 Å². The number of hydrogen-bond acceptors (Lipinski definition) is 6. The third-order valence-corrected chi connectivity index (χ3v) is 3.21. The van der Waals surface area contributed by atoms with Crippen LogP contribution in [0.1, 0.15) is 23.0 Å². The Morgan fingerprint density at radius 3 is 3.10 bits per heavy atom. The van der Waals surface area contributed by atoms with E-state index in [9.17, 15) is 5.26 Å². The first-order valence-electron chi connectivity index (χ1n) is 6.29. The summed E-state index contributed by atoms with van der Waals surface area (Å²) in [6.45, 7) is 0.317. The van der Waals surface area contributed by atoms with Crippen molar-refractivity contribution in [2.75, 3.05) is 7.11 Å². The average Bonchev–Trinajstić information content (AvgIpc) is 2.89. The summed E-state index contributed by atoms with van der Waals surface area (Å²) in [5.74, 6) is 0.677. The molecule has 1 unspecified atom stereocenters. The predicted molar refractivity (Wildman–Crippen MR) is 72.8 cm³/mol. The summed E-state index contributed by atoms with van der Waals surface area (Å²) < 4.78 is 10.5. The molecule has 0 bridgehead atoms. The quantitative estimate of drug-likeness (QED) is 0.875. The van der Waals surface area contributed by atoms with E-state index in [2.05, 4.69) is 21.0 Å². The standard InChI is InChI=1S/C14H13N5O2/c1-20-7-10-18-12-11(8-3-2-4-17-6-8)9(5-15)13(16)21-14(12)19-10/h2-4,6,11H,7,16H2,1H3,(H,18,19). The predicted octanol–water partition coefficient (Wildman–Crippen LogP) is 1.17. The summed E-state index contributed by atoms with van der Waals surface area (Å²) in [6.07, 6.45) is 3.37. The molecule has 0 spiro atoms. The maximum atomic E-state index is 9.38. The van der Waals surface area contributed by atoms with E-state index in [-0.39, 0.29) is 11.8 Å². The molecule has 106 valence electrons. The number of allylic oxidation sites excluding steroid dienone is 1. The van der Waals surface area contributed by atoms with Crippen molar-refractivity contribution < 1.29 is 9.47 Å². The molecule has 3 N–H and O–H groups in total. The molecule has 0 aliphatic carbocycles. The number of aromatic nitrogens is 3. The van der Waals surface area contributed by atoms with E-state index in [1.54, 1.807) is 19.5 Å². The van der Waals surface area contributed by atoms with Crippen molar-refractivity contribution in [1.82, 2.24) is 15.0 Å². The van der Waals surface area contributed by atoms with Crippen LogP contribution in [0.5, 0.6) is 5.88 Å². The fraction of sp³-hybridized carbons (Fsp3) is 0.214. The Morgan fingerprint density at radius 1 is 1.57 bits per heavy atom. The van der Waals surface area contributed by atoms with Gasteiger partial charge in [-0.05, 0) is 11.6 Å². The van der Waals surface area contributed by atoms with Crippen LogP contribution in [-0.4, -0.2) is 22.1 Å². The monoisotopic (exact) mass is 283 g/mol. The van der Waals surface area contributed by atoms with Crippen molar-refractivity contribution >= 4 is 0 Å². The molecule has 0 fully saturated rings. The number of nitriles is 1. The normalized spacial score (nSPS) is 17.0. The number of hydrogen-bond donors (Lipinski definition) is 2. The second kappa shape index (κ2) is 5.26. The van der Waals surface area contributed by atoms with Gasteiger partial charge >= 0.3 is 0 Å². The summed E-state index contributed by atoms with van der Waals surface area (Å²) in [5, 5.41) is 9.38. The molecular formula is C14H13N5O2. The van der Waals surface area contributed by atoms with E-state index < -0.39 is 0 Å². The number of methoxy groups -OCH3 is 1. The van der Waals surface area contributed by atoms with Gasteiger partial charge in [-0.1, -0.05) is 6.07 Å². The molecular weight excluding hydrogens is 270 g/mol. The third kappa shape index (κ3) is 2.22. The zero-order chi connectivity index (χ0) is 14.8. The number of pyridine rings is 1. The zero-order valence-corrected chi connectivity index (χ0v) is 11.3. The number of nitrogens with one attached hydrogen (secondary N) is 1. The molecule has 1 aliphatic rings. The molecule has 0 aromatic carbocycles. The molecule has 7 heteroatoms. The minimum atomic E-state index is -0.370. The lowest BCUT2D eigenvalue weighted by molar-refractivity contribution is 0.178. The SMILES string of the molecule is COCc1nc2c([nH]1)C(c1cccnc1)C(C#N)=C(N)O2. The van der Waals surface area contributed by atoms with Gasteiger partial charge in [0.05, 0.1) is 11.6 Å². The first-order chi connectivity index (χ1) is 10.2. The number of nitrogens with zero attached hydrogens (tertiary/aromatic N) is 3. The van der Waals surface area contributed by atoms with Gasteiger partial charge in [0, 0.05) is 19.5 Å². The Hall–Kier alpha value is -2.85. The Bertz CT molecular complexity index is 730. The summed E-state index contributed by atoms with van der Waals surface area (Å²) in [4.78, 5) is 11.5. The topological polar surface area (TPSA) is 110 Å². The molecule has 7 nitrogen and oxygen atoms in total. The number of fused-ring (bicyclic) bond motifs is 1. The number of aromatic amines is 1. The van der Waals surface area contributed by atoms with Crippen molar-refractivity contribution in [1.29, 1.82) is 5.26 Å². The molecule has 21 heavy (non-hydrogen) atoms. The van der Waals surface area contributed by atoms with E-state index in [1.807, 2.05) is 12.1 Å². The van der Waals surface area contributed by atoms with Crippen LogP contribution in [0.3, 0.4) is 0 Å². The van der Waals surface area contributed by atoms with Crippen molar-refractivity contribution in [2.24, 2.45) is 5.73 Å². The summed E-state index contributed by atoms with van der Waals surface area (Å²) in [5.41, 5.74) is 7.70. The zero-order valence-electron chi connectivity index (χ0n) is 11.3. The minimum absolute atomic E-state index is 0.0642. The van der Waals surface area contributed by atoms with Gasteiger partial charge in [-0.25, -0.2) is 0 Å². The van der Waals surface area contributed by atoms with Crippen LogP contribution < -0.4 is 10.5 Å². The van der Waals surface area contributed by atoms with Gasteiger partial charge < -0.3 is 20.2 Å². The van der Waals surface area contributed by atoms with E-state index in [0.29, 0.717) is 29.6 Å². The largest absolute Gasteiger partial charge is 0.420 e. The Morgan fingerprint density at radius 2 is 2.43 bits per heavy atom. The van der Waals surface area contributed by atoms with E-state index >= 15 is 0 Å². The van der Waals surface area contributed by atoms with Gasteiger partial charge in [-0.2, -0.15) is 10.2 Å².